The smallest absolute Gasteiger partial charge is 0.374 e. The van der Waals surface area contributed by atoms with E-state index >= 15 is 0 Å². The second-order valence-electron chi connectivity index (χ2n) is 25.1. The molecular formula is C77H124N6O54. The van der Waals surface area contributed by atoms with Gasteiger partial charge in [-0.15, -0.1) is 0 Å². The van der Waals surface area contributed by atoms with Gasteiger partial charge in [0.05, 0.1) is 125 Å². The van der Waals surface area contributed by atoms with Gasteiger partial charge in [-0.05, 0) is 53.0 Å². The zero-order chi connectivity index (χ0) is 109. The summed E-state index contributed by atoms with van der Waals surface area (Å²) < 4.78 is 82.5. The van der Waals surface area contributed by atoms with E-state index in [0.29, 0.717) is 12.6 Å². The van der Waals surface area contributed by atoms with E-state index in [0.717, 1.165) is 80.4 Å². The maximum absolute atomic E-state index is 11.4. The molecule has 0 aromatic rings. The molecule has 3 unspecified atom stereocenters. The Balaban J connectivity index is -0.000000161. The van der Waals surface area contributed by atoms with Crippen LogP contribution in [0.25, 0.3) is 0 Å². The van der Waals surface area contributed by atoms with Crippen LogP contribution in [0.2, 0.25) is 0 Å². The number of nitrogens with two attached hydrogens (primary N) is 3. The zero-order valence-electron chi connectivity index (χ0n) is 79.1. The molecule has 0 bridgehead atoms. The third kappa shape index (κ3) is 83.1. The van der Waals surface area contributed by atoms with Crippen molar-refractivity contribution in [2.24, 2.45) is 17.2 Å². The lowest BCUT2D eigenvalue weighted by atomic mass is 9.94. The minimum atomic E-state index is -1.94. The van der Waals surface area contributed by atoms with E-state index in [4.69, 9.17) is 62.8 Å². The molecule has 60 heteroatoms. The summed E-state index contributed by atoms with van der Waals surface area (Å²) >= 11 is 0. The summed E-state index contributed by atoms with van der Waals surface area (Å²) in [7, 11) is 15.7. The lowest BCUT2D eigenvalue weighted by Gasteiger charge is -2.20. The highest BCUT2D eigenvalue weighted by Crippen LogP contribution is 2.29. The number of carboxylic acid groups (broad SMARTS) is 5. The third-order valence-corrected chi connectivity index (χ3v) is 14.2. The Labute approximate surface area is 782 Å². The van der Waals surface area contributed by atoms with E-state index in [-0.39, 0.29) is 81.5 Å². The number of amides is 2. The predicted molar refractivity (Wildman–Crippen MR) is 445 cm³/mol. The number of aliphatic carboxylic acids is 5. The fraction of sp³-hybridized carbons (Fsp3) is 0.623. The fourth-order valence-corrected chi connectivity index (χ4v) is 7.69. The molecule has 0 aromatic carbocycles. The monoisotopic (exact) mass is 2000 g/mol. The first kappa shape index (κ1) is 143. The molecular weight excluding hydrogens is 1870 g/mol. The molecule has 3 heterocycles. The van der Waals surface area contributed by atoms with Crippen LogP contribution in [0, 0.1) is 0 Å². The van der Waals surface area contributed by atoms with E-state index in [1.54, 1.807) is 4.90 Å². The number of rotatable bonds is 32. The van der Waals surface area contributed by atoms with Gasteiger partial charge in [-0.3, -0.25) is 76.7 Å². The second kappa shape index (κ2) is 85.7. The number of ether oxygens (including phenoxy) is 19. The number of carbonyl (C=O) groups is 27. The summed E-state index contributed by atoms with van der Waals surface area (Å²) in [5.41, 5.74) is 13.7. The van der Waals surface area contributed by atoms with Gasteiger partial charge in [-0.25, -0.2) is 52.7 Å². The third-order valence-electron chi connectivity index (χ3n) is 14.2. The Kier molecular flexibility index (Phi) is 89.4. The molecule has 3 fully saturated rings. The molecule has 60 nitrogen and oxygen atoms in total. The highest BCUT2D eigenvalue weighted by Gasteiger charge is 2.49. The van der Waals surface area contributed by atoms with Crippen LogP contribution < -0.4 is 27.8 Å². The van der Waals surface area contributed by atoms with Crippen molar-refractivity contribution < 1.29 is 260 Å². The first-order valence-electron chi connectivity index (χ1n) is 38.2. The number of ketones is 2. The molecule has 3 aliphatic rings. The molecule has 16 N–H and O–H groups in total. The Morgan fingerprint density at radius 1 is 0.489 bits per heavy atom. The largest absolute Gasteiger partial charge is 0.481 e. The van der Waals surface area contributed by atoms with Gasteiger partial charge in [0.2, 0.25) is 29.8 Å². The van der Waals surface area contributed by atoms with E-state index in [9.17, 15) is 129 Å². The Bertz CT molecular complexity index is 3840. The lowest BCUT2D eigenvalue weighted by molar-refractivity contribution is -0.187. The summed E-state index contributed by atoms with van der Waals surface area (Å²) in [6.07, 6.45) is -3.82. The molecule has 3 aliphatic heterocycles. The predicted octanol–water partition coefficient (Wildman–Crippen LogP) is -7.58. The molecule has 3 rings (SSSR count). The van der Waals surface area contributed by atoms with Gasteiger partial charge in [0.1, 0.15) is 48.6 Å². The number of methoxy groups -OCH3 is 13. The van der Waals surface area contributed by atoms with Gasteiger partial charge in [-0.2, -0.15) is 0 Å². The summed E-state index contributed by atoms with van der Waals surface area (Å²) in [6, 6.07) is -3.57. The van der Waals surface area contributed by atoms with Crippen LogP contribution in [0.15, 0.2) is 12.2 Å². The van der Waals surface area contributed by atoms with Gasteiger partial charge < -0.3 is 164 Å². The normalized spacial score (nSPS) is 14.8. The van der Waals surface area contributed by atoms with Crippen LogP contribution in [0.4, 0.5) is 0 Å². The molecule has 0 aliphatic carbocycles. The van der Waals surface area contributed by atoms with E-state index in [1.807, 2.05) is 0 Å². The number of likely N-dealkylation sites (tertiary alicyclic amines) is 1. The van der Waals surface area contributed by atoms with Gasteiger partial charge in [-0.1, -0.05) is 0 Å². The SMILES string of the molecule is COC(=O)/C=C/C(=O)O.COC(=O)C(C)=O.COC(=O)C(C)O.COC(=O)C(C)OC(C)=O.COC(=O)CC1(CC(C)=O)OCOC1=O.COC(=O)CNC(=O)C[C@H](N)C(=O)O.COC(=O)COC(C)=O.COC(=O)C[C@H](O)C(=O)O.COC(=O)[C@@H](N)CC(=O)O.COC(=O)[C@@H](N)CO.COC(=O)[C@@H]1CCCN1.COC(=O)[C@@H]1CCCN1C(C)=O.COC(=O)[C@H](OC(C)=O)[C@H](OC(C)=O)C(=O)O. The first-order chi connectivity index (χ1) is 63.4. The maximum Gasteiger partial charge on any atom is 0.374 e. The molecule has 0 aromatic heterocycles. The molecule has 11 atom stereocenters. The number of hydrogen-bond donors (Lipinski definition) is 13. The van der Waals surface area contributed by atoms with Crippen molar-refractivity contribution >= 4 is 161 Å². The van der Waals surface area contributed by atoms with Crippen molar-refractivity contribution in [2.45, 2.75) is 186 Å². The second-order valence-corrected chi connectivity index (χ2v) is 25.1. The summed E-state index contributed by atoms with van der Waals surface area (Å²) in [5.74, 6) is -19.6. The summed E-state index contributed by atoms with van der Waals surface area (Å²) in [5, 5.41) is 71.6. The topological polar surface area (TPSA) is 903 Å². The number of aliphatic hydroxyl groups is 3. The van der Waals surface area contributed by atoms with Gasteiger partial charge in [0.25, 0.3) is 0 Å². The average molecular weight is 2000 g/mol. The maximum atomic E-state index is 11.4. The van der Waals surface area contributed by atoms with E-state index in [1.165, 1.54) is 113 Å². The number of aliphatic hydroxyl groups excluding tert-OH is 3. The fourth-order valence-electron chi connectivity index (χ4n) is 7.69. The van der Waals surface area contributed by atoms with Crippen molar-refractivity contribution in [3.8, 4) is 0 Å². The minimum absolute atomic E-state index is 0.0324. The Morgan fingerprint density at radius 3 is 1.28 bits per heavy atom. The lowest BCUT2D eigenvalue weighted by Crippen LogP contribution is -2.45. The van der Waals surface area contributed by atoms with Crippen LogP contribution >= 0.6 is 0 Å². The van der Waals surface area contributed by atoms with Crippen LogP contribution in [0.5, 0.6) is 0 Å². The average Bonchev–Trinajstić information content (AvgIpc) is 1.67. The van der Waals surface area contributed by atoms with Gasteiger partial charge in [0, 0.05) is 66.7 Å². The first-order valence-corrected chi connectivity index (χ1v) is 38.2. The number of cyclic esters (lactones) is 1. The van der Waals surface area contributed by atoms with Crippen molar-refractivity contribution in [2.75, 3.05) is 132 Å². The van der Waals surface area contributed by atoms with E-state index in [2.05, 4.69) is 95.9 Å². The number of nitrogens with zero attached hydrogens (tertiary/aromatic N) is 1. The van der Waals surface area contributed by atoms with Crippen molar-refractivity contribution in [1.29, 1.82) is 0 Å². The van der Waals surface area contributed by atoms with Crippen molar-refractivity contribution in [3.05, 3.63) is 12.2 Å². The molecule has 786 valence electrons. The molecule has 0 saturated carbocycles. The zero-order valence-corrected chi connectivity index (χ0v) is 79.1. The highest BCUT2D eigenvalue weighted by atomic mass is 16.7. The standard InChI is InChI=1S/C9H12O8.C9H12O6.C8H13NO3.C7H12N2O5.C6H11NO2.C6H10O4.C5H9NO4.C5H8O5.C5H8O4.C5H6O4.C4H9NO3.C4H8O3.C4H6O3/c1-4(10)16-6(8(12)13)7(9(14)15-3)17-5(2)11;1-6(10)3-9(4-7(11)13-2)8(12)14-5-15-9;1-6(10)9-5-3-4-7(9)8(11)12-2;1-14-6(11)3-9-5(10)2-4(8)7(12)13;1-9-6(8)5-3-2-4-7-5;1-4(6(8)9-3)10-5(2)7;1-10-5(9)3(6)2-4(7)8;1-10-4(7)2-3(6)5(8)9;1-4(6)9-3-5(7)8-2;1-9-5(8)3-2-4(6)7;1-8-4(7)3(5)2-6;2*1-3(5)4(6)7-2/h6-7H,1-3H3,(H,12,13);3-5H2,1-2H3;7H,3-5H2,1-2H3;4H,2-3,8H2,1H3,(H,9,10)(H,12,13);5,7H,2-4H2,1H3;4H,1-3H3;3H,2,6H2,1H3,(H,7,8);3,6H,2H2,1H3,(H,8,9);3H2,1-2H3;2-3H,1H3,(H,6,7);3,6H,2,5H2,1H3;3,5H,1-2H3;1-2H3/b;;;;;;;;;3-2+;;;/t6-,7+;;7-;4-;5-;;2*3-;;;3-;;/m0.000.00..0../s1. The number of hydrogen-bond acceptors (Lipinski definition) is 53. The number of esters is 18. The molecule has 137 heavy (non-hydrogen) atoms. The molecule has 0 radical (unpaired) electrons. The van der Waals surface area contributed by atoms with Crippen LogP contribution in [0.3, 0.4) is 0 Å². The van der Waals surface area contributed by atoms with Crippen LogP contribution in [0.1, 0.15) is 120 Å². The molecule has 2 amide bonds. The van der Waals surface area contributed by atoms with E-state index < -0.39 is 204 Å². The number of carboxylic acids is 5. The van der Waals surface area contributed by atoms with Crippen LogP contribution in [-0.4, -0.2) is 405 Å². The quantitative estimate of drug-likeness (QED) is 0.0129. The van der Waals surface area contributed by atoms with Crippen LogP contribution in [-0.2, 0) is 219 Å². The van der Waals surface area contributed by atoms with Gasteiger partial charge >= 0.3 is 137 Å². The number of carbonyl (C=O) groups excluding carboxylic acids is 22. The molecule has 0 spiro atoms. The summed E-state index contributed by atoms with van der Waals surface area (Å²) in [6.45, 7) is 11.6. The Hall–Kier alpha value is -14.5. The Morgan fingerprint density at radius 2 is 0.964 bits per heavy atom. The van der Waals surface area contributed by atoms with Crippen molar-refractivity contribution in [3.63, 3.8) is 0 Å². The number of Topliss-reactive ketones (excluding diaryl/α,β-unsaturated/α-hetero) is 2. The van der Waals surface area contributed by atoms with Crippen molar-refractivity contribution in [1.82, 2.24) is 15.5 Å². The number of nitrogens with one attached hydrogen (secondary N) is 2. The summed E-state index contributed by atoms with van der Waals surface area (Å²) in [4.78, 5) is 285. The van der Waals surface area contributed by atoms with Gasteiger partial charge in [0.15, 0.2) is 31.2 Å². The highest BCUT2D eigenvalue weighted by molar-refractivity contribution is 6.32. The minimum Gasteiger partial charge on any atom is -0.481 e. The molecule has 3 saturated heterocycles.